The van der Waals surface area contributed by atoms with Crippen LogP contribution < -0.4 is 5.32 Å². The minimum absolute atomic E-state index is 0.0852. The van der Waals surface area contributed by atoms with Crippen LogP contribution in [-0.2, 0) is 5.41 Å². The summed E-state index contributed by atoms with van der Waals surface area (Å²) in [5.74, 6) is 0.301. The lowest BCUT2D eigenvalue weighted by molar-refractivity contribution is 0.475. The summed E-state index contributed by atoms with van der Waals surface area (Å²) in [5, 5.41) is 14.2. The number of phenolic OH excluding ortho intramolecular Hbond substituents is 1. The number of aromatic nitrogens is 1. The zero-order chi connectivity index (χ0) is 15.8. The quantitative estimate of drug-likeness (QED) is 0.790. The van der Waals surface area contributed by atoms with Gasteiger partial charge in [0, 0.05) is 16.0 Å². The highest BCUT2D eigenvalue weighted by Crippen LogP contribution is 2.34. The van der Waals surface area contributed by atoms with Crippen LogP contribution in [-0.4, -0.2) is 10.1 Å². The lowest BCUT2D eigenvalue weighted by Crippen LogP contribution is -2.10. The molecule has 1 aromatic heterocycles. The fourth-order valence-electron chi connectivity index (χ4n) is 2.24. The highest BCUT2D eigenvalue weighted by Gasteiger charge is 2.22. The van der Waals surface area contributed by atoms with E-state index in [2.05, 4.69) is 39.9 Å². The van der Waals surface area contributed by atoms with Crippen molar-refractivity contribution in [3.63, 3.8) is 0 Å². The van der Waals surface area contributed by atoms with Crippen molar-refractivity contribution in [1.29, 1.82) is 0 Å². The minimum Gasteiger partial charge on any atom is -0.508 e. The van der Waals surface area contributed by atoms with Gasteiger partial charge in [-0.25, -0.2) is 4.98 Å². The van der Waals surface area contributed by atoms with Crippen LogP contribution in [0, 0.1) is 13.8 Å². The standard InChI is InChI=1S/C17H24N2OS/c1-10-9-13(20)7-8-14(10)18-11(2)15-12(3)19-16(21-15)17(4,5)6/h7-9,11,18,20H,1-6H3. The summed E-state index contributed by atoms with van der Waals surface area (Å²) in [6.07, 6.45) is 0. The molecular formula is C17H24N2OS. The molecule has 1 unspecified atom stereocenters. The van der Waals surface area contributed by atoms with Crippen LogP contribution >= 0.6 is 11.3 Å². The number of nitrogens with one attached hydrogen (secondary N) is 1. The lowest BCUT2D eigenvalue weighted by Gasteiger charge is -2.17. The number of rotatable bonds is 3. The predicted molar refractivity (Wildman–Crippen MR) is 90.4 cm³/mol. The Morgan fingerprint density at radius 3 is 2.43 bits per heavy atom. The van der Waals surface area contributed by atoms with Gasteiger partial charge in [0.05, 0.1) is 16.7 Å². The molecule has 0 saturated heterocycles. The fraction of sp³-hybridized carbons (Fsp3) is 0.471. The minimum atomic E-state index is 0.0852. The van der Waals surface area contributed by atoms with E-state index in [4.69, 9.17) is 4.98 Å². The van der Waals surface area contributed by atoms with Crippen molar-refractivity contribution in [2.75, 3.05) is 5.32 Å². The van der Waals surface area contributed by atoms with Crippen molar-refractivity contribution in [2.24, 2.45) is 0 Å². The second kappa shape index (κ2) is 5.68. The first-order valence-electron chi connectivity index (χ1n) is 7.22. The Morgan fingerprint density at radius 1 is 1.24 bits per heavy atom. The largest absolute Gasteiger partial charge is 0.508 e. The first-order valence-corrected chi connectivity index (χ1v) is 8.04. The highest BCUT2D eigenvalue weighted by molar-refractivity contribution is 7.12. The average Bonchev–Trinajstić information content (AvgIpc) is 2.75. The first kappa shape index (κ1) is 15.8. The predicted octanol–water partition coefficient (Wildman–Crippen LogP) is 4.94. The lowest BCUT2D eigenvalue weighted by atomic mass is 9.98. The van der Waals surface area contributed by atoms with Crippen molar-refractivity contribution in [3.8, 4) is 5.75 Å². The number of aromatic hydroxyl groups is 1. The average molecular weight is 304 g/mol. The van der Waals surface area contributed by atoms with Gasteiger partial charge in [-0.05, 0) is 44.5 Å². The van der Waals surface area contributed by atoms with E-state index < -0.39 is 0 Å². The van der Waals surface area contributed by atoms with E-state index in [1.807, 2.05) is 13.0 Å². The number of hydrogen-bond acceptors (Lipinski definition) is 4. The molecule has 114 valence electrons. The van der Waals surface area contributed by atoms with Crippen LogP contribution in [0.15, 0.2) is 18.2 Å². The molecule has 0 bridgehead atoms. The molecule has 2 N–H and O–H groups in total. The van der Waals surface area contributed by atoms with E-state index in [9.17, 15) is 5.11 Å². The van der Waals surface area contributed by atoms with Crippen LogP contribution in [0.5, 0.6) is 5.75 Å². The zero-order valence-corrected chi connectivity index (χ0v) is 14.4. The Balaban J connectivity index is 2.24. The molecule has 3 nitrogen and oxygen atoms in total. The third-order valence-corrected chi connectivity index (χ3v) is 5.22. The van der Waals surface area contributed by atoms with Crippen molar-refractivity contribution in [1.82, 2.24) is 4.98 Å². The molecule has 1 heterocycles. The Morgan fingerprint density at radius 2 is 1.90 bits per heavy atom. The van der Waals surface area contributed by atoms with E-state index in [0.717, 1.165) is 16.9 Å². The Hall–Kier alpha value is -1.55. The molecular weight excluding hydrogens is 280 g/mol. The summed E-state index contributed by atoms with van der Waals surface area (Å²) in [7, 11) is 0. The maximum atomic E-state index is 9.49. The summed E-state index contributed by atoms with van der Waals surface area (Å²) < 4.78 is 0. The van der Waals surface area contributed by atoms with Gasteiger partial charge in [0.15, 0.2) is 0 Å². The molecule has 21 heavy (non-hydrogen) atoms. The van der Waals surface area contributed by atoms with Crippen LogP contribution in [0.25, 0.3) is 0 Å². The maximum absolute atomic E-state index is 9.49. The van der Waals surface area contributed by atoms with Crippen molar-refractivity contribution < 1.29 is 5.11 Å². The molecule has 4 heteroatoms. The number of hydrogen-bond donors (Lipinski definition) is 2. The summed E-state index contributed by atoms with van der Waals surface area (Å²) in [6, 6.07) is 5.60. The van der Waals surface area contributed by atoms with Crippen LogP contribution in [0.4, 0.5) is 5.69 Å². The Kier molecular flexibility index (Phi) is 4.28. The van der Waals surface area contributed by atoms with Crippen LogP contribution in [0.2, 0.25) is 0 Å². The molecule has 1 atom stereocenters. The molecule has 0 spiro atoms. The van der Waals surface area contributed by atoms with E-state index in [0.29, 0.717) is 5.75 Å². The normalized spacial score (nSPS) is 13.2. The molecule has 0 radical (unpaired) electrons. The van der Waals surface area contributed by atoms with Gasteiger partial charge in [0.1, 0.15) is 5.75 Å². The van der Waals surface area contributed by atoms with Crippen molar-refractivity contribution in [3.05, 3.63) is 39.3 Å². The third kappa shape index (κ3) is 3.56. The first-order chi connectivity index (χ1) is 9.68. The zero-order valence-electron chi connectivity index (χ0n) is 13.6. The van der Waals surface area contributed by atoms with Gasteiger partial charge in [-0.1, -0.05) is 20.8 Å². The van der Waals surface area contributed by atoms with Gasteiger partial charge < -0.3 is 10.4 Å². The number of nitrogens with zero attached hydrogens (tertiary/aromatic N) is 1. The molecule has 0 aliphatic heterocycles. The van der Waals surface area contributed by atoms with Gasteiger partial charge in [-0.3, -0.25) is 0 Å². The van der Waals surface area contributed by atoms with E-state index in [1.54, 1.807) is 23.5 Å². The molecule has 0 aliphatic carbocycles. The second-order valence-electron chi connectivity index (χ2n) is 6.58. The van der Waals surface area contributed by atoms with Gasteiger partial charge in [0.25, 0.3) is 0 Å². The van der Waals surface area contributed by atoms with E-state index in [1.165, 1.54) is 9.88 Å². The summed E-state index contributed by atoms with van der Waals surface area (Å²) in [5.41, 5.74) is 3.27. The maximum Gasteiger partial charge on any atom is 0.115 e. The summed E-state index contributed by atoms with van der Waals surface area (Å²) >= 11 is 1.78. The Bertz CT molecular complexity index is 641. The van der Waals surface area contributed by atoms with Gasteiger partial charge in [-0.2, -0.15) is 0 Å². The van der Waals surface area contributed by atoms with Crippen LogP contribution in [0.3, 0.4) is 0 Å². The third-order valence-electron chi connectivity index (χ3n) is 3.45. The smallest absolute Gasteiger partial charge is 0.115 e. The number of anilines is 1. The van der Waals surface area contributed by atoms with E-state index in [-0.39, 0.29) is 11.5 Å². The fourth-order valence-corrected chi connectivity index (χ4v) is 3.37. The van der Waals surface area contributed by atoms with Gasteiger partial charge in [0.2, 0.25) is 0 Å². The molecule has 0 amide bonds. The second-order valence-corrected chi connectivity index (χ2v) is 7.61. The molecule has 0 fully saturated rings. The number of benzene rings is 1. The molecule has 2 aromatic rings. The van der Waals surface area contributed by atoms with Crippen LogP contribution in [0.1, 0.15) is 54.9 Å². The molecule has 2 rings (SSSR count). The molecule has 0 aliphatic rings. The number of aryl methyl sites for hydroxylation is 2. The number of thiazole rings is 1. The van der Waals surface area contributed by atoms with Gasteiger partial charge >= 0.3 is 0 Å². The number of phenols is 1. The summed E-state index contributed by atoms with van der Waals surface area (Å²) in [6.45, 7) is 12.8. The van der Waals surface area contributed by atoms with Gasteiger partial charge in [-0.15, -0.1) is 11.3 Å². The van der Waals surface area contributed by atoms with Crippen molar-refractivity contribution >= 4 is 17.0 Å². The van der Waals surface area contributed by atoms with E-state index >= 15 is 0 Å². The molecule has 0 saturated carbocycles. The van der Waals surface area contributed by atoms with Crippen molar-refractivity contribution in [2.45, 2.75) is 53.0 Å². The SMILES string of the molecule is Cc1cc(O)ccc1NC(C)c1sc(C(C)(C)C)nc1C. The topological polar surface area (TPSA) is 45.1 Å². The highest BCUT2D eigenvalue weighted by atomic mass is 32.1. The Labute approximate surface area is 131 Å². The summed E-state index contributed by atoms with van der Waals surface area (Å²) in [4.78, 5) is 5.99. The molecule has 1 aromatic carbocycles. The monoisotopic (exact) mass is 304 g/mol.